The number of hydrogen-bond acceptors (Lipinski definition) is 2. The minimum atomic E-state index is 0.837. The van der Waals surface area contributed by atoms with Crippen LogP contribution in [0.4, 0.5) is 0 Å². The highest BCUT2D eigenvalue weighted by Crippen LogP contribution is 2.13. The molecule has 2 aromatic rings. The van der Waals surface area contributed by atoms with Gasteiger partial charge in [-0.15, -0.1) is 0 Å². The normalized spacial score (nSPS) is 10.9. The molecule has 0 unspecified atom stereocenters. The standard InChI is InChI=1S/C11H12N2O/c14-7-2-1-5-10-8-9-4-3-6-12-11(9)13-10/h2-4,6-8,14H,1,5H2,(H,12,13). The average molecular weight is 188 g/mol. The van der Waals surface area contributed by atoms with E-state index < -0.39 is 0 Å². The Bertz CT molecular complexity index is 375. The molecule has 2 heterocycles. The fraction of sp³-hybridized carbons (Fsp3) is 0.182. The van der Waals surface area contributed by atoms with Gasteiger partial charge in [-0.3, -0.25) is 0 Å². The van der Waals surface area contributed by atoms with Gasteiger partial charge in [0.1, 0.15) is 5.65 Å². The second-order valence-electron chi connectivity index (χ2n) is 3.16. The van der Waals surface area contributed by atoms with E-state index in [-0.39, 0.29) is 0 Å². The summed E-state index contributed by atoms with van der Waals surface area (Å²) in [6.07, 6.45) is 5.24. The van der Waals surface area contributed by atoms with Crippen molar-refractivity contribution in [2.24, 2.45) is 0 Å². The Morgan fingerprint density at radius 1 is 1.50 bits per heavy atom. The van der Waals surface area contributed by atoms with Crippen LogP contribution >= 0.6 is 0 Å². The van der Waals surface area contributed by atoms with Gasteiger partial charge in [-0.1, -0.05) is 0 Å². The third-order valence-corrected chi connectivity index (χ3v) is 2.13. The van der Waals surface area contributed by atoms with Gasteiger partial charge < -0.3 is 10.1 Å². The summed E-state index contributed by atoms with van der Waals surface area (Å²) in [5, 5.41) is 9.62. The highest BCUT2D eigenvalue weighted by atomic mass is 16.2. The zero-order valence-corrected chi connectivity index (χ0v) is 7.77. The molecule has 0 aromatic carbocycles. The van der Waals surface area contributed by atoms with Crippen molar-refractivity contribution in [3.05, 3.63) is 43.1 Å². The molecule has 2 N–H and O–H groups in total. The second-order valence-corrected chi connectivity index (χ2v) is 3.16. The lowest BCUT2D eigenvalue weighted by Gasteiger charge is -1.93. The molecule has 0 amide bonds. The van der Waals surface area contributed by atoms with Crippen LogP contribution in [0.15, 0.2) is 24.4 Å². The number of aliphatic hydroxyl groups excluding tert-OH is 1. The molecule has 0 atom stereocenters. The number of nitrogens with one attached hydrogen (secondary N) is 1. The fourth-order valence-electron chi connectivity index (χ4n) is 1.46. The Kier molecular flexibility index (Phi) is 2.79. The molecule has 0 aliphatic rings. The van der Waals surface area contributed by atoms with Crippen molar-refractivity contribution in [1.82, 2.24) is 9.97 Å². The molecule has 2 radical (unpaired) electrons. The average Bonchev–Trinajstić information content (AvgIpc) is 2.60. The number of aromatic amines is 1. The molecule has 0 spiro atoms. The Morgan fingerprint density at radius 2 is 2.43 bits per heavy atom. The number of unbranched alkanes of at least 4 members (excludes halogenated alkanes) is 1. The highest BCUT2D eigenvalue weighted by Gasteiger charge is 2.00. The highest BCUT2D eigenvalue weighted by molar-refractivity contribution is 5.76. The molecule has 2 rings (SSSR count). The number of pyridine rings is 1. The number of rotatable bonds is 4. The van der Waals surface area contributed by atoms with Crippen LogP contribution in [0.25, 0.3) is 11.0 Å². The van der Waals surface area contributed by atoms with Crippen LogP contribution in [-0.4, -0.2) is 15.1 Å². The minimum Gasteiger partial charge on any atom is -0.390 e. The quantitative estimate of drug-likeness (QED) is 0.723. The maximum Gasteiger partial charge on any atom is 0.137 e. The number of aryl methyl sites for hydroxylation is 1. The molecule has 3 nitrogen and oxygen atoms in total. The first kappa shape index (κ1) is 9.21. The first-order valence-corrected chi connectivity index (χ1v) is 4.62. The lowest BCUT2D eigenvalue weighted by atomic mass is 10.2. The van der Waals surface area contributed by atoms with E-state index in [1.54, 1.807) is 12.6 Å². The van der Waals surface area contributed by atoms with Gasteiger partial charge in [0.05, 0.1) is 6.61 Å². The van der Waals surface area contributed by atoms with Crippen molar-refractivity contribution >= 4 is 11.0 Å². The van der Waals surface area contributed by atoms with Crippen LogP contribution in [0.3, 0.4) is 0 Å². The van der Waals surface area contributed by atoms with Gasteiger partial charge in [-0.05, 0) is 37.5 Å². The number of H-pyrrole nitrogens is 1. The molecular weight excluding hydrogens is 176 g/mol. The van der Waals surface area contributed by atoms with E-state index in [9.17, 15) is 0 Å². The van der Waals surface area contributed by atoms with E-state index in [4.69, 9.17) is 5.11 Å². The molecular formula is C11H12N2O. The summed E-state index contributed by atoms with van der Waals surface area (Å²) < 4.78 is 0. The predicted octanol–water partition coefficient (Wildman–Crippen LogP) is 2.23. The van der Waals surface area contributed by atoms with Crippen LogP contribution in [0.2, 0.25) is 0 Å². The zero-order chi connectivity index (χ0) is 9.80. The molecule has 0 aliphatic carbocycles. The largest absolute Gasteiger partial charge is 0.390 e. The minimum absolute atomic E-state index is 0.837. The number of hydrogen-bond donors (Lipinski definition) is 2. The summed E-state index contributed by atoms with van der Waals surface area (Å²) >= 11 is 0. The van der Waals surface area contributed by atoms with E-state index in [0.29, 0.717) is 0 Å². The maximum atomic E-state index is 8.48. The van der Waals surface area contributed by atoms with Crippen molar-refractivity contribution < 1.29 is 5.11 Å². The second kappa shape index (κ2) is 4.24. The first-order chi connectivity index (χ1) is 6.90. The third kappa shape index (κ3) is 1.93. The van der Waals surface area contributed by atoms with Crippen LogP contribution in [-0.2, 0) is 6.42 Å². The van der Waals surface area contributed by atoms with Crippen molar-refractivity contribution in [3.63, 3.8) is 0 Å². The summed E-state index contributed by atoms with van der Waals surface area (Å²) in [5.74, 6) is 0. The summed E-state index contributed by atoms with van der Waals surface area (Å²) in [7, 11) is 0. The zero-order valence-electron chi connectivity index (χ0n) is 7.77. The third-order valence-electron chi connectivity index (χ3n) is 2.13. The summed E-state index contributed by atoms with van der Waals surface area (Å²) in [6.45, 7) is 1.08. The van der Waals surface area contributed by atoms with Gasteiger partial charge >= 0.3 is 0 Å². The van der Waals surface area contributed by atoms with E-state index >= 15 is 0 Å². The molecule has 14 heavy (non-hydrogen) atoms. The Morgan fingerprint density at radius 3 is 3.21 bits per heavy atom. The molecule has 0 fully saturated rings. The van der Waals surface area contributed by atoms with Crippen LogP contribution < -0.4 is 0 Å². The Labute approximate surface area is 82.8 Å². The van der Waals surface area contributed by atoms with E-state index in [1.807, 2.05) is 12.1 Å². The van der Waals surface area contributed by atoms with Crippen molar-refractivity contribution in [1.29, 1.82) is 0 Å². The Balaban J connectivity index is 2.11. The first-order valence-electron chi connectivity index (χ1n) is 4.62. The van der Waals surface area contributed by atoms with Gasteiger partial charge in [0, 0.05) is 17.3 Å². The molecule has 3 heteroatoms. The number of nitrogens with zero attached hydrogens (tertiary/aromatic N) is 1. The summed E-state index contributed by atoms with van der Waals surface area (Å²) in [6, 6.07) is 6.05. The van der Waals surface area contributed by atoms with Gasteiger partial charge in [0.2, 0.25) is 0 Å². The van der Waals surface area contributed by atoms with Gasteiger partial charge in [0.15, 0.2) is 0 Å². The molecule has 0 aliphatic heterocycles. The van der Waals surface area contributed by atoms with Crippen LogP contribution in [0, 0.1) is 13.0 Å². The Hall–Kier alpha value is -1.35. The predicted molar refractivity (Wildman–Crippen MR) is 55.0 cm³/mol. The molecule has 72 valence electrons. The fourth-order valence-corrected chi connectivity index (χ4v) is 1.46. The molecule has 0 bridgehead atoms. The molecule has 0 saturated heterocycles. The van der Waals surface area contributed by atoms with E-state index in [0.717, 1.165) is 36.2 Å². The monoisotopic (exact) mass is 188 g/mol. The topological polar surface area (TPSA) is 48.9 Å². The van der Waals surface area contributed by atoms with Gasteiger partial charge in [0.25, 0.3) is 0 Å². The lowest BCUT2D eigenvalue weighted by Crippen LogP contribution is -1.86. The summed E-state index contributed by atoms with van der Waals surface area (Å²) in [5.41, 5.74) is 2.08. The van der Waals surface area contributed by atoms with Gasteiger partial charge in [-0.2, -0.15) is 0 Å². The maximum absolute atomic E-state index is 8.48. The SMILES string of the molecule is O[CH][CH]CCc1cc2cccnc2[nH]1. The number of fused-ring (bicyclic) bond motifs is 1. The van der Waals surface area contributed by atoms with E-state index in [1.165, 1.54) is 0 Å². The number of aromatic nitrogens is 2. The molecule has 2 aromatic heterocycles. The van der Waals surface area contributed by atoms with Crippen molar-refractivity contribution in [3.8, 4) is 0 Å². The van der Waals surface area contributed by atoms with Crippen molar-refractivity contribution in [2.75, 3.05) is 0 Å². The van der Waals surface area contributed by atoms with E-state index in [2.05, 4.69) is 16.0 Å². The number of aliphatic hydroxyl groups is 1. The van der Waals surface area contributed by atoms with Crippen LogP contribution in [0.5, 0.6) is 0 Å². The summed E-state index contributed by atoms with van der Waals surface area (Å²) in [4.78, 5) is 7.43. The smallest absolute Gasteiger partial charge is 0.137 e. The lowest BCUT2D eigenvalue weighted by molar-refractivity contribution is 0.404. The molecule has 0 saturated carbocycles. The van der Waals surface area contributed by atoms with Gasteiger partial charge in [-0.25, -0.2) is 4.98 Å². The van der Waals surface area contributed by atoms with Crippen LogP contribution in [0.1, 0.15) is 12.1 Å². The van der Waals surface area contributed by atoms with Crippen molar-refractivity contribution in [2.45, 2.75) is 12.8 Å².